The van der Waals surface area contributed by atoms with Crippen molar-refractivity contribution in [3.05, 3.63) is 81.0 Å². The van der Waals surface area contributed by atoms with Crippen LogP contribution in [0.15, 0.2) is 64.9 Å². The molecule has 1 unspecified atom stereocenters. The lowest BCUT2D eigenvalue weighted by Gasteiger charge is -2.19. The van der Waals surface area contributed by atoms with Gasteiger partial charge in [-0.2, -0.15) is 0 Å². The second kappa shape index (κ2) is 11.0. The van der Waals surface area contributed by atoms with Gasteiger partial charge in [0.1, 0.15) is 0 Å². The number of hydrogen-bond donors (Lipinski definition) is 1. The van der Waals surface area contributed by atoms with Crippen molar-refractivity contribution in [3.63, 3.8) is 0 Å². The number of hydrogen-bond acceptors (Lipinski definition) is 4. The van der Waals surface area contributed by atoms with Gasteiger partial charge in [-0.3, -0.25) is 4.31 Å². The van der Waals surface area contributed by atoms with E-state index in [9.17, 15) is 8.42 Å². The molecule has 3 aromatic rings. The number of thiophene rings is 1. The van der Waals surface area contributed by atoms with E-state index in [1.807, 2.05) is 17.5 Å². The third-order valence-electron chi connectivity index (χ3n) is 6.28. The Hall–Kier alpha value is -1.86. The van der Waals surface area contributed by atoms with Crippen LogP contribution in [0.3, 0.4) is 0 Å². The monoisotopic (exact) mass is 502 g/mol. The molecule has 4 rings (SSSR count). The number of unbranched alkanes of at least 4 members (excludes halogenated alkanes) is 5. The minimum atomic E-state index is -3.65. The van der Waals surface area contributed by atoms with Crippen LogP contribution in [-0.2, 0) is 16.4 Å². The summed E-state index contributed by atoms with van der Waals surface area (Å²) in [6, 6.07) is 17.6. The molecule has 0 aliphatic carbocycles. The van der Waals surface area contributed by atoms with E-state index in [2.05, 4.69) is 35.6 Å². The van der Waals surface area contributed by atoms with Gasteiger partial charge >= 0.3 is 0 Å². The summed E-state index contributed by atoms with van der Waals surface area (Å²) in [4.78, 5) is 1.32. The number of nitrogens with one attached hydrogen (secondary N) is 1. The SMILES string of the molecule is CN1c2ccsc2C(NCCCCCCCCc2ccccc2)c2ccc(Cl)cc2S1(=O)=O. The fraction of sp³-hybridized carbons (Fsp3) is 0.385. The minimum Gasteiger partial charge on any atom is -0.305 e. The first-order chi connectivity index (χ1) is 16.0. The Morgan fingerprint density at radius 3 is 2.48 bits per heavy atom. The maximum atomic E-state index is 13.2. The van der Waals surface area contributed by atoms with Crippen molar-refractivity contribution in [2.75, 3.05) is 17.9 Å². The van der Waals surface area contributed by atoms with E-state index in [0.717, 1.165) is 35.5 Å². The Labute approximate surface area is 206 Å². The molecule has 0 spiro atoms. The first-order valence-corrected chi connectivity index (χ1v) is 14.3. The topological polar surface area (TPSA) is 49.4 Å². The van der Waals surface area contributed by atoms with Gasteiger partial charge < -0.3 is 5.32 Å². The summed E-state index contributed by atoms with van der Waals surface area (Å²) in [7, 11) is -2.03. The van der Waals surface area contributed by atoms with Crippen LogP contribution < -0.4 is 9.62 Å². The quantitative estimate of drug-likeness (QED) is 0.310. The number of nitrogens with zero attached hydrogens (tertiary/aromatic N) is 1. The van der Waals surface area contributed by atoms with Crippen LogP contribution in [0.2, 0.25) is 5.02 Å². The summed E-state index contributed by atoms with van der Waals surface area (Å²) in [6.45, 7) is 0.845. The van der Waals surface area contributed by atoms with Crippen molar-refractivity contribution in [2.24, 2.45) is 0 Å². The summed E-state index contributed by atoms with van der Waals surface area (Å²) >= 11 is 7.76. The van der Waals surface area contributed by atoms with Crippen molar-refractivity contribution in [2.45, 2.75) is 55.9 Å². The molecule has 0 bridgehead atoms. The molecule has 2 heterocycles. The maximum Gasteiger partial charge on any atom is 0.264 e. The molecule has 0 amide bonds. The summed E-state index contributed by atoms with van der Waals surface area (Å²) < 4.78 is 27.8. The highest BCUT2D eigenvalue weighted by molar-refractivity contribution is 7.92. The smallest absolute Gasteiger partial charge is 0.264 e. The second-order valence-corrected chi connectivity index (χ2v) is 11.9. The van der Waals surface area contributed by atoms with Crippen molar-refractivity contribution in [1.29, 1.82) is 0 Å². The number of benzene rings is 2. The van der Waals surface area contributed by atoms with Gasteiger partial charge in [-0.05, 0) is 60.5 Å². The lowest BCUT2D eigenvalue weighted by molar-refractivity contribution is 0.539. The first kappa shape index (κ1) is 24.3. The van der Waals surface area contributed by atoms with Crippen molar-refractivity contribution >= 4 is 38.6 Å². The van der Waals surface area contributed by atoms with Crippen molar-refractivity contribution in [3.8, 4) is 0 Å². The van der Waals surface area contributed by atoms with Crippen molar-refractivity contribution in [1.82, 2.24) is 5.32 Å². The largest absolute Gasteiger partial charge is 0.305 e. The number of fused-ring (bicyclic) bond motifs is 2. The summed E-state index contributed by atoms with van der Waals surface area (Å²) in [6.07, 6.45) is 8.41. The van der Waals surface area contributed by atoms with E-state index in [1.165, 1.54) is 42.0 Å². The van der Waals surface area contributed by atoms with Gasteiger partial charge in [-0.15, -0.1) is 11.3 Å². The Bertz CT molecular complexity index is 1160. The van der Waals surface area contributed by atoms with Crippen LogP contribution in [0.4, 0.5) is 5.69 Å². The first-order valence-electron chi connectivity index (χ1n) is 11.6. The van der Waals surface area contributed by atoms with Crippen LogP contribution in [0.1, 0.15) is 60.6 Å². The van der Waals surface area contributed by atoms with E-state index in [-0.39, 0.29) is 10.9 Å². The van der Waals surface area contributed by atoms with Gasteiger partial charge in [-0.25, -0.2) is 8.42 Å². The van der Waals surface area contributed by atoms with Gasteiger partial charge in [0.15, 0.2) is 0 Å². The standard InChI is InChI=1S/C26H31ClN2O2S2/c1-29-23-16-18-32-26(23)25(22-15-14-21(27)19-24(22)33(29,30)31)28-17-10-5-3-2-4-7-11-20-12-8-6-9-13-20/h6,8-9,12-16,18-19,25,28H,2-5,7,10-11,17H2,1H3. The Kier molecular flexibility index (Phi) is 8.12. The van der Waals surface area contributed by atoms with E-state index in [4.69, 9.17) is 11.6 Å². The highest BCUT2D eigenvalue weighted by Gasteiger charge is 2.35. The van der Waals surface area contributed by atoms with E-state index in [0.29, 0.717) is 5.02 Å². The predicted molar refractivity (Wildman–Crippen MR) is 139 cm³/mol. The molecule has 1 aliphatic heterocycles. The number of halogens is 1. The molecular formula is C26H31ClN2O2S2. The molecule has 7 heteroatoms. The van der Waals surface area contributed by atoms with E-state index in [1.54, 1.807) is 30.5 Å². The van der Waals surface area contributed by atoms with Gasteiger partial charge in [-0.1, -0.05) is 73.7 Å². The van der Waals surface area contributed by atoms with Crippen LogP contribution in [0.5, 0.6) is 0 Å². The number of aryl methyl sites for hydroxylation is 1. The second-order valence-electron chi connectivity index (χ2n) is 8.57. The van der Waals surface area contributed by atoms with Crippen LogP contribution in [-0.4, -0.2) is 22.0 Å². The molecule has 1 N–H and O–H groups in total. The lowest BCUT2D eigenvalue weighted by Crippen LogP contribution is -2.26. The predicted octanol–water partition coefficient (Wildman–Crippen LogP) is 6.80. The highest BCUT2D eigenvalue weighted by atomic mass is 35.5. The summed E-state index contributed by atoms with van der Waals surface area (Å²) in [5.41, 5.74) is 2.93. The Morgan fingerprint density at radius 2 is 1.70 bits per heavy atom. The molecule has 1 aromatic heterocycles. The molecular weight excluding hydrogens is 472 g/mol. The third-order valence-corrected chi connectivity index (χ3v) is 9.32. The molecule has 0 fully saturated rings. The Balaban J connectivity index is 1.31. The number of anilines is 1. The lowest BCUT2D eigenvalue weighted by atomic mass is 10.0. The van der Waals surface area contributed by atoms with Crippen LogP contribution in [0.25, 0.3) is 0 Å². The zero-order valence-electron chi connectivity index (χ0n) is 19.0. The van der Waals surface area contributed by atoms with Gasteiger partial charge in [0, 0.05) is 12.1 Å². The molecule has 2 aromatic carbocycles. The minimum absolute atomic E-state index is 0.155. The van der Waals surface area contributed by atoms with Gasteiger partial charge in [0.2, 0.25) is 0 Å². The molecule has 0 saturated carbocycles. The molecule has 0 radical (unpaired) electrons. The molecule has 0 saturated heterocycles. The molecule has 1 atom stereocenters. The molecule has 33 heavy (non-hydrogen) atoms. The van der Waals surface area contributed by atoms with Crippen LogP contribution in [0, 0.1) is 0 Å². The van der Waals surface area contributed by atoms with Crippen LogP contribution >= 0.6 is 22.9 Å². The molecule has 176 valence electrons. The zero-order chi connectivity index (χ0) is 23.3. The zero-order valence-corrected chi connectivity index (χ0v) is 21.4. The third kappa shape index (κ3) is 5.62. The van der Waals surface area contributed by atoms with Crippen molar-refractivity contribution < 1.29 is 8.42 Å². The molecule has 1 aliphatic rings. The summed E-state index contributed by atoms with van der Waals surface area (Å²) in [5, 5.41) is 6.03. The fourth-order valence-corrected chi connectivity index (χ4v) is 7.22. The average Bonchev–Trinajstić information content (AvgIpc) is 3.28. The number of rotatable bonds is 10. The maximum absolute atomic E-state index is 13.2. The number of sulfonamides is 1. The summed E-state index contributed by atoms with van der Waals surface area (Å²) in [5.74, 6) is 0. The van der Waals surface area contributed by atoms with E-state index >= 15 is 0 Å². The van der Waals surface area contributed by atoms with E-state index < -0.39 is 10.0 Å². The average molecular weight is 503 g/mol. The fourth-order valence-electron chi connectivity index (χ4n) is 4.43. The van der Waals surface area contributed by atoms with Gasteiger partial charge in [0.05, 0.1) is 21.5 Å². The Morgan fingerprint density at radius 1 is 0.970 bits per heavy atom. The normalized spacial score (nSPS) is 16.8. The highest BCUT2D eigenvalue weighted by Crippen LogP contribution is 2.43. The molecule has 4 nitrogen and oxygen atoms in total. The van der Waals surface area contributed by atoms with Gasteiger partial charge in [0.25, 0.3) is 10.0 Å².